The van der Waals surface area contributed by atoms with E-state index in [1.54, 1.807) is 7.05 Å². The van der Waals surface area contributed by atoms with Gasteiger partial charge in [-0.1, -0.05) is 0 Å². The molecule has 1 atom stereocenters. The molecule has 1 aromatic heterocycles. The summed E-state index contributed by atoms with van der Waals surface area (Å²) >= 11 is 0. The topological polar surface area (TPSA) is 78.5 Å². The lowest BCUT2D eigenvalue weighted by Gasteiger charge is -2.19. The van der Waals surface area contributed by atoms with Gasteiger partial charge in [0.25, 0.3) is 5.91 Å². The maximum Gasteiger partial charge on any atom is 0.271 e. The van der Waals surface area contributed by atoms with E-state index in [0.717, 1.165) is 0 Å². The van der Waals surface area contributed by atoms with Crippen molar-refractivity contribution in [2.24, 2.45) is 0 Å². The Hall–Kier alpha value is -1.40. The van der Waals surface area contributed by atoms with Crippen LogP contribution in [0.1, 0.15) is 10.5 Å². The number of nitrogens with one attached hydrogen (secondary N) is 1. The Morgan fingerprint density at radius 2 is 2.53 bits per heavy atom. The number of ether oxygens (including phenoxy) is 1. The van der Waals surface area contributed by atoms with Crippen molar-refractivity contribution < 1.29 is 14.6 Å². The average Bonchev–Trinajstić information content (AvgIpc) is 2.69. The fourth-order valence-electron chi connectivity index (χ4n) is 1.22. The second-order valence-electron chi connectivity index (χ2n) is 3.26. The summed E-state index contributed by atoms with van der Waals surface area (Å²) < 4.78 is 4.77. The first-order valence-electron chi connectivity index (χ1n) is 4.56. The Balaban J connectivity index is 2.47. The molecule has 0 aliphatic heterocycles. The van der Waals surface area contributed by atoms with Crippen LogP contribution in [0.15, 0.2) is 12.5 Å². The first kappa shape index (κ1) is 11.7. The third-order valence-electron chi connectivity index (χ3n) is 1.92. The number of methoxy groups -OCH3 is 1. The van der Waals surface area contributed by atoms with Crippen molar-refractivity contribution in [3.05, 3.63) is 18.2 Å². The van der Waals surface area contributed by atoms with Gasteiger partial charge in [0.1, 0.15) is 5.69 Å². The van der Waals surface area contributed by atoms with Gasteiger partial charge in [0.05, 0.1) is 25.2 Å². The minimum Gasteiger partial charge on any atom is -0.389 e. The monoisotopic (exact) mass is 213 g/mol. The molecule has 1 unspecified atom stereocenters. The molecule has 84 valence electrons. The third kappa shape index (κ3) is 3.34. The highest BCUT2D eigenvalue weighted by atomic mass is 16.5. The Bertz CT molecular complexity index is 300. The molecule has 0 aliphatic rings. The SMILES string of the molecule is COCC(O)CN(C)C(=O)c1cnc[nH]1. The average molecular weight is 213 g/mol. The van der Waals surface area contributed by atoms with Gasteiger partial charge in [0.15, 0.2) is 0 Å². The molecule has 0 bridgehead atoms. The summed E-state index contributed by atoms with van der Waals surface area (Å²) in [4.78, 5) is 19.5. The number of rotatable bonds is 5. The first-order valence-corrected chi connectivity index (χ1v) is 4.56. The second-order valence-corrected chi connectivity index (χ2v) is 3.26. The van der Waals surface area contributed by atoms with E-state index in [1.165, 1.54) is 24.5 Å². The molecule has 1 amide bonds. The highest BCUT2D eigenvalue weighted by Gasteiger charge is 2.15. The molecule has 0 aromatic carbocycles. The van der Waals surface area contributed by atoms with E-state index in [-0.39, 0.29) is 19.1 Å². The van der Waals surface area contributed by atoms with Gasteiger partial charge >= 0.3 is 0 Å². The lowest BCUT2D eigenvalue weighted by Crippen LogP contribution is -2.36. The number of amides is 1. The molecular formula is C9H15N3O3. The lowest BCUT2D eigenvalue weighted by atomic mass is 10.3. The highest BCUT2D eigenvalue weighted by Crippen LogP contribution is 1.99. The van der Waals surface area contributed by atoms with Crippen LogP contribution >= 0.6 is 0 Å². The zero-order valence-electron chi connectivity index (χ0n) is 8.80. The maximum atomic E-state index is 11.6. The molecule has 0 saturated heterocycles. The summed E-state index contributed by atoms with van der Waals surface area (Å²) in [7, 11) is 3.11. The zero-order valence-corrected chi connectivity index (χ0v) is 8.80. The molecule has 1 heterocycles. The van der Waals surface area contributed by atoms with Crippen LogP contribution in [-0.4, -0.2) is 59.3 Å². The molecule has 0 aliphatic carbocycles. The number of H-pyrrole nitrogens is 1. The Kier molecular flexibility index (Phi) is 4.26. The van der Waals surface area contributed by atoms with E-state index in [2.05, 4.69) is 9.97 Å². The van der Waals surface area contributed by atoms with Gasteiger partial charge in [-0.15, -0.1) is 0 Å². The summed E-state index contributed by atoms with van der Waals surface area (Å²) in [6.07, 6.45) is 2.21. The van der Waals surface area contributed by atoms with Crippen molar-refractivity contribution in [2.45, 2.75) is 6.10 Å². The van der Waals surface area contributed by atoms with Crippen LogP contribution in [0.3, 0.4) is 0 Å². The molecule has 2 N–H and O–H groups in total. The second kappa shape index (κ2) is 5.47. The van der Waals surface area contributed by atoms with Crippen molar-refractivity contribution in [1.82, 2.24) is 14.9 Å². The van der Waals surface area contributed by atoms with Gasteiger partial charge in [-0.2, -0.15) is 0 Å². The quantitative estimate of drug-likeness (QED) is 0.690. The van der Waals surface area contributed by atoms with E-state index in [1.807, 2.05) is 0 Å². The lowest BCUT2D eigenvalue weighted by molar-refractivity contribution is 0.0378. The Labute approximate surface area is 87.9 Å². The van der Waals surface area contributed by atoms with Crippen LogP contribution in [0.5, 0.6) is 0 Å². The molecule has 15 heavy (non-hydrogen) atoms. The van der Waals surface area contributed by atoms with Gasteiger partial charge in [0, 0.05) is 20.7 Å². The van der Waals surface area contributed by atoms with Crippen LogP contribution in [-0.2, 0) is 4.74 Å². The van der Waals surface area contributed by atoms with E-state index < -0.39 is 6.10 Å². The minimum absolute atomic E-state index is 0.206. The summed E-state index contributed by atoms with van der Waals surface area (Å²) in [5.41, 5.74) is 0.405. The Morgan fingerprint density at radius 1 is 1.80 bits per heavy atom. The number of carbonyl (C=O) groups is 1. The number of likely N-dealkylation sites (N-methyl/N-ethyl adjacent to an activating group) is 1. The summed E-state index contributed by atoms with van der Waals surface area (Å²) in [6.45, 7) is 0.437. The molecule has 6 heteroatoms. The molecule has 0 spiro atoms. The summed E-state index contributed by atoms with van der Waals surface area (Å²) in [6, 6.07) is 0. The number of nitrogens with zero attached hydrogens (tertiary/aromatic N) is 2. The molecular weight excluding hydrogens is 198 g/mol. The van der Waals surface area contributed by atoms with Crippen LogP contribution in [0, 0.1) is 0 Å². The normalized spacial score (nSPS) is 12.5. The number of aromatic amines is 1. The number of aromatic nitrogens is 2. The van der Waals surface area contributed by atoms with E-state index >= 15 is 0 Å². The standard InChI is InChI=1S/C9H15N3O3/c1-12(4-7(13)5-15-2)9(14)8-3-10-6-11-8/h3,6-7,13H,4-5H2,1-2H3,(H,10,11). The third-order valence-corrected chi connectivity index (χ3v) is 1.92. The summed E-state index contributed by atoms with van der Waals surface area (Å²) in [5.74, 6) is -0.206. The smallest absolute Gasteiger partial charge is 0.271 e. The van der Waals surface area contributed by atoms with E-state index in [0.29, 0.717) is 5.69 Å². The van der Waals surface area contributed by atoms with Crippen LogP contribution < -0.4 is 0 Å². The predicted molar refractivity (Wildman–Crippen MR) is 53.4 cm³/mol. The largest absolute Gasteiger partial charge is 0.389 e. The van der Waals surface area contributed by atoms with Gasteiger partial charge in [0.2, 0.25) is 0 Å². The van der Waals surface area contributed by atoms with Crippen molar-refractivity contribution in [3.8, 4) is 0 Å². The maximum absolute atomic E-state index is 11.6. The van der Waals surface area contributed by atoms with E-state index in [4.69, 9.17) is 4.74 Å². The number of carbonyl (C=O) groups excluding carboxylic acids is 1. The molecule has 0 saturated carbocycles. The summed E-state index contributed by atoms with van der Waals surface area (Å²) in [5, 5.41) is 9.42. The fourth-order valence-corrected chi connectivity index (χ4v) is 1.22. The number of aliphatic hydroxyl groups is 1. The number of hydrogen-bond acceptors (Lipinski definition) is 4. The highest BCUT2D eigenvalue weighted by molar-refractivity contribution is 5.91. The minimum atomic E-state index is -0.674. The van der Waals surface area contributed by atoms with Gasteiger partial charge < -0.3 is 19.7 Å². The zero-order chi connectivity index (χ0) is 11.3. The van der Waals surface area contributed by atoms with Gasteiger partial charge in [-0.25, -0.2) is 4.98 Å². The Morgan fingerprint density at radius 3 is 3.07 bits per heavy atom. The molecule has 0 radical (unpaired) electrons. The van der Waals surface area contributed by atoms with Gasteiger partial charge in [-0.05, 0) is 0 Å². The predicted octanol–water partition coefficient (Wildman–Crippen LogP) is -0.511. The fraction of sp³-hybridized carbons (Fsp3) is 0.556. The number of aliphatic hydroxyl groups excluding tert-OH is 1. The van der Waals surface area contributed by atoms with Crippen molar-refractivity contribution in [3.63, 3.8) is 0 Å². The molecule has 0 fully saturated rings. The number of imidazole rings is 1. The van der Waals surface area contributed by atoms with Crippen LogP contribution in [0.25, 0.3) is 0 Å². The van der Waals surface area contributed by atoms with E-state index in [9.17, 15) is 9.90 Å². The van der Waals surface area contributed by atoms with Crippen LogP contribution in [0.2, 0.25) is 0 Å². The molecule has 6 nitrogen and oxygen atoms in total. The van der Waals surface area contributed by atoms with Crippen molar-refractivity contribution in [1.29, 1.82) is 0 Å². The van der Waals surface area contributed by atoms with Crippen molar-refractivity contribution >= 4 is 5.91 Å². The van der Waals surface area contributed by atoms with Crippen LogP contribution in [0.4, 0.5) is 0 Å². The number of hydrogen-bond donors (Lipinski definition) is 2. The molecule has 1 aromatic rings. The first-order chi connectivity index (χ1) is 7.15. The van der Waals surface area contributed by atoms with Gasteiger partial charge in [-0.3, -0.25) is 4.79 Å². The van der Waals surface area contributed by atoms with Crippen molar-refractivity contribution in [2.75, 3.05) is 27.3 Å². The molecule has 1 rings (SSSR count).